The molecule has 0 spiro atoms. The first kappa shape index (κ1) is 17.2. The average Bonchev–Trinajstić information content (AvgIpc) is 3.16. The summed E-state index contributed by atoms with van der Waals surface area (Å²) in [5.41, 5.74) is 0.872. The normalized spacial score (nSPS) is 25.7. The predicted molar refractivity (Wildman–Crippen MR) is 97.1 cm³/mol. The highest BCUT2D eigenvalue weighted by atomic mass is 16.5. The van der Waals surface area contributed by atoms with E-state index in [-0.39, 0.29) is 5.91 Å². The first-order valence-corrected chi connectivity index (χ1v) is 9.75. The fraction of sp³-hybridized carbons (Fsp3) is 0.600. The number of rotatable bonds is 4. The van der Waals surface area contributed by atoms with Crippen molar-refractivity contribution in [3.8, 4) is 11.4 Å². The molecule has 3 atom stereocenters. The minimum absolute atomic E-state index is 0.234. The molecule has 2 aromatic rings. The molecule has 1 amide bonds. The van der Waals surface area contributed by atoms with E-state index in [1.54, 1.807) is 12.4 Å². The standard InChI is InChI=1S/C20H26N4O2/c1-14-10-13-24(17-5-3-2-4-16(14)17)19(25)7-6-18-22-20(23-26-18)15-8-11-21-12-9-15/h8-9,11-12,14,16-17H,2-7,10,13H2,1H3. The molecule has 1 aliphatic heterocycles. The van der Waals surface area contributed by atoms with E-state index in [2.05, 4.69) is 26.9 Å². The molecule has 6 nitrogen and oxygen atoms in total. The highest BCUT2D eigenvalue weighted by Crippen LogP contribution is 2.39. The first-order valence-electron chi connectivity index (χ1n) is 9.75. The summed E-state index contributed by atoms with van der Waals surface area (Å²) >= 11 is 0. The Kier molecular flexibility index (Phi) is 5.00. The highest BCUT2D eigenvalue weighted by Gasteiger charge is 2.39. The Hall–Kier alpha value is -2.24. The largest absolute Gasteiger partial charge is 0.339 e. The van der Waals surface area contributed by atoms with Crippen molar-refractivity contribution < 1.29 is 9.32 Å². The minimum Gasteiger partial charge on any atom is -0.339 e. The summed E-state index contributed by atoms with van der Waals surface area (Å²) in [4.78, 5) is 23.4. The number of likely N-dealkylation sites (tertiary alicyclic amines) is 1. The molecular formula is C20H26N4O2. The van der Waals surface area contributed by atoms with Gasteiger partial charge in [-0.25, -0.2) is 0 Å². The summed E-state index contributed by atoms with van der Waals surface area (Å²) in [5.74, 6) is 2.73. The van der Waals surface area contributed by atoms with Gasteiger partial charge in [-0.1, -0.05) is 24.9 Å². The maximum absolute atomic E-state index is 12.8. The van der Waals surface area contributed by atoms with Crippen LogP contribution in [0.1, 0.15) is 51.3 Å². The zero-order valence-corrected chi connectivity index (χ0v) is 15.3. The maximum atomic E-state index is 12.8. The zero-order valence-electron chi connectivity index (χ0n) is 15.3. The summed E-state index contributed by atoms with van der Waals surface area (Å²) in [6.45, 7) is 3.25. The van der Waals surface area contributed by atoms with Gasteiger partial charge in [-0.2, -0.15) is 4.98 Å². The molecule has 138 valence electrons. The van der Waals surface area contributed by atoms with E-state index in [0.717, 1.165) is 30.9 Å². The lowest BCUT2D eigenvalue weighted by Gasteiger charge is -2.47. The smallest absolute Gasteiger partial charge is 0.227 e. The third kappa shape index (κ3) is 3.50. The molecule has 1 aliphatic carbocycles. The summed E-state index contributed by atoms with van der Waals surface area (Å²) in [5, 5.41) is 4.01. The number of nitrogens with zero attached hydrogens (tertiary/aromatic N) is 4. The number of aryl methyl sites for hydroxylation is 1. The van der Waals surface area contributed by atoms with E-state index in [9.17, 15) is 4.79 Å². The van der Waals surface area contributed by atoms with E-state index in [1.165, 1.54) is 19.3 Å². The monoisotopic (exact) mass is 354 g/mol. The molecule has 1 saturated carbocycles. The molecule has 4 rings (SSSR count). The number of carbonyl (C=O) groups is 1. The van der Waals surface area contributed by atoms with Gasteiger partial charge in [0.15, 0.2) is 0 Å². The second-order valence-corrected chi connectivity index (χ2v) is 7.62. The lowest BCUT2D eigenvalue weighted by atomic mass is 9.72. The summed E-state index contributed by atoms with van der Waals surface area (Å²) in [6.07, 6.45) is 10.5. The SMILES string of the molecule is CC1CCN(C(=O)CCc2nc(-c3ccncc3)no2)C2CCCCC12. The Morgan fingerprint density at radius 3 is 2.88 bits per heavy atom. The van der Waals surface area contributed by atoms with E-state index in [4.69, 9.17) is 4.52 Å². The third-order valence-corrected chi connectivity index (χ3v) is 6.02. The lowest BCUT2D eigenvalue weighted by Crippen LogP contribution is -2.52. The van der Waals surface area contributed by atoms with Gasteiger partial charge in [0, 0.05) is 43.4 Å². The number of piperidine rings is 1. The molecule has 2 aromatic heterocycles. The van der Waals surface area contributed by atoms with Crippen LogP contribution in [0.2, 0.25) is 0 Å². The van der Waals surface area contributed by atoms with Crippen molar-refractivity contribution in [2.75, 3.05) is 6.54 Å². The predicted octanol–water partition coefficient (Wildman–Crippen LogP) is 3.49. The fourth-order valence-electron chi connectivity index (χ4n) is 4.56. The molecule has 0 radical (unpaired) electrons. The molecule has 1 saturated heterocycles. The van der Waals surface area contributed by atoms with Gasteiger partial charge in [-0.3, -0.25) is 9.78 Å². The zero-order chi connectivity index (χ0) is 17.9. The van der Waals surface area contributed by atoms with Crippen molar-refractivity contribution in [1.82, 2.24) is 20.0 Å². The number of aromatic nitrogens is 3. The van der Waals surface area contributed by atoms with E-state index < -0.39 is 0 Å². The van der Waals surface area contributed by atoms with Gasteiger partial charge in [0.1, 0.15) is 0 Å². The molecule has 26 heavy (non-hydrogen) atoms. The Bertz CT molecular complexity index is 745. The van der Waals surface area contributed by atoms with Gasteiger partial charge < -0.3 is 9.42 Å². The maximum Gasteiger partial charge on any atom is 0.227 e. The second kappa shape index (κ2) is 7.56. The number of hydrogen-bond donors (Lipinski definition) is 0. The number of hydrogen-bond acceptors (Lipinski definition) is 5. The Balaban J connectivity index is 1.37. The van der Waals surface area contributed by atoms with Crippen molar-refractivity contribution in [3.05, 3.63) is 30.4 Å². The minimum atomic E-state index is 0.234. The lowest BCUT2D eigenvalue weighted by molar-refractivity contribution is -0.139. The van der Waals surface area contributed by atoms with Gasteiger partial charge in [-0.05, 0) is 43.2 Å². The van der Waals surface area contributed by atoms with Crippen LogP contribution in [0.4, 0.5) is 0 Å². The van der Waals surface area contributed by atoms with Crippen molar-refractivity contribution >= 4 is 5.91 Å². The molecule has 6 heteroatoms. The first-order chi connectivity index (χ1) is 12.7. The fourth-order valence-corrected chi connectivity index (χ4v) is 4.56. The Morgan fingerprint density at radius 2 is 2.04 bits per heavy atom. The van der Waals surface area contributed by atoms with Crippen molar-refractivity contribution in [2.24, 2.45) is 11.8 Å². The van der Waals surface area contributed by atoms with E-state index in [1.807, 2.05) is 12.1 Å². The van der Waals surface area contributed by atoms with Gasteiger partial charge in [0.2, 0.25) is 17.6 Å². The van der Waals surface area contributed by atoms with Crippen molar-refractivity contribution in [3.63, 3.8) is 0 Å². The van der Waals surface area contributed by atoms with Crippen LogP contribution in [0, 0.1) is 11.8 Å². The summed E-state index contributed by atoms with van der Waals surface area (Å²) < 4.78 is 5.33. The number of pyridine rings is 1. The molecule has 0 N–H and O–H groups in total. The van der Waals surface area contributed by atoms with Crippen LogP contribution in [0.3, 0.4) is 0 Å². The Morgan fingerprint density at radius 1 is 1.23 bits per heavy atom. The van der Waals surface area contributed by atoms with Crippen molar-refractivity contribution in [1.29, 1.82) is 0 Å². The van der Waals surface area contributed by atoms with Gasteiger partial charge in [0.25, 0.3) is 0 Å². The van der Waals surface area contributed by atoms with Crippen LogP contribution in [-0.4, -0.2) is 38.5 Å². The molecular weight excluding hydrogens is 328 g/mol. The second-order valence-electron chi connectivity index (χ2n) is 7.62. The van der Waals surface area contributed by atoms with Crippen LogP contribution in [0.5, 0.6) is 0 Å². The van der Waals surface area contributed by atoms with Crippen LogP contribution in [0.15, 0.2) is 29.0 Å². The number of carbonyl (C=O) groups excluding carboxylic acids is 1. The summed E-state index contributed by atoms with van der Waals surface area (Å²) in [7, 11) is 0. The summed E-state index contributed by atoms with van der Waals surface area (Å²) in [6, 6.07) is 4.13. The molecule has 0 bridgehead atoms. The van der Waals surface area contributed by atoms with Gasteiger partial charge in [0.05, 0.1) is 0 Å². The van der Waals surface area contributed by atoms with Gasteiger partial charge in [-0.15, -0.1) is 0 Å². The van der Waals surface area contributed by atoms with Crippen LogP contribution < -0.4 is 0 Å². The average molecular weight is 354 g/mol. The van der Waals surface area contributed by atoms with Crippen LogP contribution in [0.25, 0.3) is 11.4 Å². The number of amides is 1. The van der Waals surface area contributed by atoms with Crippen LogP contribution >= 0.6 is 0 Å². The van der Waals surface area contributed by atoms with E-state index in [0.29, 0.717) is 36.5 Å². The third-order valence-electron chi connectivity index (χ3n) is 6.02. The molecule has 3 unspecified atom stereocenters. The highest BCUT2D eigenvalue weighted by molar-refractivity contribution is 5.77. The molecule has 2 aliphatic rings. The molecule has 3 heterocycles. The number of fused-ring (bicyclic) bond motifs is 1. The molecule has 2 fully saturated rings. The van der Waals surface area contributed by atoms with Gasteiger partial charge >= 0.3 is 0 Å². The quantitative estimate of drug-likeness (QED) is 0.840. The molecule has 0 aromatic carbocycles. The van der Waals surface area contributed by atoms with E-state index >= 15 is 0 Å². The topological polar surface area (TPSA) is 72.1 Å². The Labute approximate surface area is 154 Å². The van der Waals surface area contributed by atoms with Crippen molar-refractivity contribution in [2.45, 2.75) is 57.9 Å². The van der Waals surface area contributed by atoms with Crippen LogP contribution in [-0.2, 0) is 11.2 Å².